The lowest BCUT2D eigenvalue weighted by atomic mass is 10.0. The number of fused-ring (bicyclic) bond motifs is 11. The van der Waals surface area contributed by atoms with Gasteiger partial charge in [0.1, 0.15) is 131 Å². The number of benzene rings is 7. The summed E-state index contributed by atoms with van der Waals surface area (Å²) in [5.41, 5.74) is 74.2. The Bertz CT molecular complexity index is 8700. The van der Waals surface area contributed by atoms with E-state index in [1.807, 2.05) is 128 Å². The number of aryl methyl sites for hydroxylation is 11. The van der Waals surface area contributed by atoms with Crippen LogP contribution in [0.15, 0.2) is 196 Å². The molecule has 1 aliphatic rings. The van der Waals surface area contributed by atoms with Gasteiger partial charge in [-0.2, -0.15) is 40.8 Å². The fourth-order valence-electron chi connectivity index (χ4n) is 16.6. The Labute approximate surface area is 781 Å². The molecule has 0 fully saturated rings. The van der Waals surface area contributed by atoms with Gasteiger partial charge in [-0.05, 0) is 141 Å². The third-order valence-corrected chi connectivity index (χ3v) is 23.7. The first-order valence-electron chi connectivity index (χ1n) is 42.9. The molecule has 0 bridgehead atoms. The number of aromatic nitrogens is 32. The normalized spacial score (nSPS) is 11.6. The van der Waals surface area contributed by atoms with Gasteiger partial charge in [0, 0.05) is 146 Å². The molecule has 0 spiro atoms. The van der Waals surface area contributed by atoms with Crippen LogP contribution in [0.5, 0.6) is 17.2 Å². The Hall–Kier alpha value is -19.3. The molecule has 7 aromatic carbocycles. The number of hydrogen-bond donors (Lipinski definition) is 13. The molecule has 1 aliphatic heterocycles. The molecule has 138 heavy (non-hydrogen) atoms. The molecule has 0 atom stereocenters. The van der Waals surface area contributed by atoms with Crippen molar-refractivity contribution in [2.24, 2.45) is 49.3 Å². The van der Waals surface area contributed by atoms with Crippen molar-refractivity contribution in [1.82, 2.24) is 158 Å². The van der Waals surface area contributed by atoms with E-state index >= 15 is 0 Å². The minimum Gasteiger partial charge on any atom is -0.504 e. The molecule has 25 rings (SSSR count). The molecule has 18 heterocycles. The molecule has 0 saturated heterocycles. The van der Waals surface area contributed by atoms with E-state index in [0.29, 0.717) is 74.4 Å². The maximum absolute atomic E-state index is 9.56. The quantitative estimate of drug-likeness (QED) is 0.0520. The molecular formula is C95H90N40O3. The average Bonchev–Trinajstić information content (AvgIpc) is 1.63. The van der Waals surface area contributed by atoms with Crippen LogP contribution in [0.2, 0.25) is 0 Å². The average molecular weight is 1840 g/mol. The van der Waals surface area contributed by atoms with Crippen LogP contribution < -0.4 is 50.6 Å². The van der Waals surface area contributed by atoms with Gasteiger partial charge in [-0.1, -0.05) is 48.5 Å². The van der Waals surface area contributed by atoms with Gasteiger partial charge in [0.25, 0.3) is 0 Å². The Morgan fingerprint density at radius 2 is 0.674 bits per heavy atom. The van der Waals surface area contributed by atoms with Gasteiger partial charge in [-0.15, -0.1) is 0 Å². The summed E-state index contributed by atoms with van der Waals surface area (Å²) in [7, 11) is 12.9. The zero-order valence-electron chi connectivity index (χ0n) is 76.3. The van der Waals surface area contributed by atoms with Crippen LogP contribution in [0, 0.1) is 27.7 Å². The Kier molecular flexibility index (Phi) is 22.8. The lowest BCUT2D eigenvalue weighted by molar-refractivity contribution is 0.357. The fourth-order valence-corrected chi connectivity index (χ4v) is 16.6. The second kappa shape index (κ2) is 35.8. The van der Waals surface area contributed by atoms with Crippen molar-refractivity contribution in [2.75, 3.05) is 52.5 Å². The van der Waals surface area contributed by atoms with Gasteiger partial charge in [0.15, 0.2) is 51.0 Å². The number of H-pyrrole nitrogens is 3. The number of aromatic hydroxyl groups is 2. The van der Waals surface area contributed by atoms with E-state index in [-0.39, 0.29) is 11.5 Å². The summed E-state index contributed by atoms with van der Waals surface area (Å²) in [6.07, 6.45) is 14.9. The Morgan fingerprint density at radius 1 is 0.312 bits per heavy atom. The summed E-state index contributed by atoms with van der Waals surface area (Å²) in [6, 6.07) is 44.7. The number of ether oxygens (including phenoxy) is 1. The summed E-state index contributed by atoms with van der Waals surface area (Å²) in [6.45, 7) is 9.00. The predicted molar refractivity (Wildman–Crippen MR) is 532 cm³/mol. The highest BCUT2D eigenvalue weighted by Crippen LogP contribution is 2.41. The van der Waals surface area contributed by atoms with E-state index in [0.717, 1.165) is 180 Å². The van der Waals surface area contributed by atoms with Crippen LogP contribution in [-0.4, -0.2) is 175 Å². The molecule has 0 amide bonds. The monoisotopic (exact) mass is 1840 g/mol. The van der Waals surface area contributed by atoms with Crippen LogP contribution in [0.4, 0.5) is 46.4 Å². The summed E-state index contributed by atoms with van der Waals surface area (Å²) >= 11 is 0. The summed E-state index contributed by atoms with van der Waals surface area (Å²) in [5, 5.41) is 66.4. The fraction of sp³-hybridized carbons (Fsp3) is 0.137. The lowest BCUT2D eigenvalue weighted by Crippen LogP contribution is -1.95. The van der Waals surface area contributed by atoms with Gasteiger partial charge in [-0.25, -0.2) is 103 Å². The number of anilines is 8. The van der Waals surface area contributed by atoms with Crippen LogP contribution >= 0.6 is 0 Å². The van der Waals surface area contributed by atoms with Gasteiger partial charge in [0.2, 0.25) is 0 Å². The van der Waals surface area contributed by atoms with Gasteiger partial charge >= 0.3 is 0 Å². The Morgan fingerprint density at radius 3 is 1.11 bits per heavy atom. The minimum atomic E-state index is -0.216. The molecule has 17 aromatic heterocycles. The number of nitrogens with two attached hydrogens (primary N) is 8. The number of nitrogens with one attached hydrogen (secondary N) is 3. The van der Waals surface area contributed by atoms with E-state index < -0.39 is 0 Å². The first kappa shape index (κ1) is 88.0. The van der Waals surface area contributed by atoms with Crippen LogP contribution in [0.25, 0.3) is 189 Å². The second-order valence-corrected chi connectivity index (χ2v) is 32.6. The van der Waals surface area contributed by atoms with Crippen molar-refractivity contribution in [3.05, 3.63) is 224 Å². The number of hydrogen-bond acceptors (Lipinski definition) is 33. The number of rotatable bonds is 7. The molecular weight excluding hydrogens is 1750 g/mol. The first-order valence-corrected chi connectivity index (χ1v) is 42.9. The molecule has 0 aliphatic carbocycles. The van der Waals surface area contributed by atoms with Crippen molar-refractivity contribution in [3.63, 3.8) is 0 Å². The molecule has 21 N–H and O–H groups in total. The van der Waals surface area contributed by atoms with Gasteiger partial charge in [0.05, 0.1) is 49.8 Å². The summed E-state index contributed by atoms with van der Waals surface area (Å²) < 4.78 is 17.4. The van der Waals surface area contributed by atoms with Crippen molar-refractivity contribution in [1.29, 1.82) is 0 Å². The van der Waals surface area contributed by atoms with Crippen molar-refractivity contribution in [2.45, 2.75) is 34.1 Å². The minimum absolute atomic E-state index is 0.187. The smallest absolute Gasteiger partial charge is 0.163 e. The summed E-state index contributed by atoms with van der Waals surface area (Å²) in [4.78, 5) is 64.3. The van der Waals surface area contributed by atoms with Crippen LogP contribution in [-0.2, 0) is 55.8 Å². The molecule has 24 aromatic rings. The van der Waals surface area contributed by atoms with E-state index in [1.54, 1.807) is 45.9 Å². The van der Waals surface area contributed by atoms with Crippen LogP contribution in [0.1, 0.15) is 27.9 Å². The van der Waals surface area contributed by atoms with E-state index in [1.165, 1.54) is 84.1 Å². The lowest BCUT2D eigenvalue weighted by Gasteiger charge is -2.03. The largest absolute Gasteiger partial charge is 0.504 e. The standard InChI is InChI=1S/C15H14N6.C14H13N7.C14H12N6.C14H13N5O.C14H15N5.C12H12N6.C12H11N5O2/c1-8-6-17-11-5-9(3-4-10(8)11)13-12-14(16)18-7-19-15(12)21(2)20-13;1-7-9-5-8(3-4-10(9)19-18-7)12-11-13(15)16-6-17-14(11)21(2)20-12;1-20-14-11(13(15)17-7-18-14)12(19-20)9-2-3-10-8(6-9)4-5-16-10;1-19-14-11(13(15)16-7-17-14)12(18-19)9-2-3-10-8(6-9)4-5-20-10;1-8-4-5-10(6-9(8)2)12-11-13(15)16-7-17-14(11)19(3)18-12;1-18-12-9(11(14)15-6-16-12)10(17-18)7-2-4-8(13)5-3-7;1-17-12-9(11(13)14-5-15-12)10(16-17)6-2-3-7(18)8(19)4-6/h3-7,17H,1-2H3,(H2,16,18,19);3-6H,1-2H3,(H,18,19)(H2,15,16,17);2-7,16H,1H3,(H2,15,17,18);2-3,6-7H,4-5H2,1H3,(H2,15,16,17);4-7H,1-3H3,(H2,15,16,17);2-6H,13H2,1H3,(H2,14,15,16);2-5,18-19H,1H3,(H2,13,14,15). The van der Waals surface area contributed by atoms with Gasteiger partial charge < -0.3 is 70.8 Å². The van der Waals surface area contributed by atoms with E-state index in [9.17, 15) is 10.2 Å². The van der Waals surface area contributed by atoms with E-state index in [4.69, 9.17) is 50.6 Å². The van der Waals surface area contributed by atoms with Crippen LogP contribution in [0.3, 0.4) is 0 Å². The number of nitrogens with zero attached hydrogens (tertiary/aromatic N) is 29. The first-order chi connectivity index (χ1) is 66.6. The Balaban J connectivity index is 0.000000103. The molecule has 0 radical (unpaired) electrons. The third kappa shape index (κ3) is 16.4. The second-order valence-electron chi connectivity index (χ2n) is 32.6. The highest BCUT2D eigenvalue weighted by atomic mass is 16.5. The summed E-state index contributed by atoms with van der Waals surface area (Å²) in [5.74, 6) is 3.56. The maximum Gasteiger partial charge on any atom is 0.163 e. The van der Waals surface area contributed by atoms with Crippen molar-refractivity contribution >= 4 is 156 Å². The molecule has 0 unspecified atom stereocenters. The SMILES string of the molecule is Cc1[nH]nc2ccc(-c3nn(C)c4ncnc(N)c34)cc12.Cc1c[nH]c2cc(-c3nn(C)c4ncnc(N)c34)ccc12.Cc1ccc(-c2nn(C)c3ncnc(N)c23)cc1C.Cn1nc(-c2ccc(N)cc2)c2c(N)ncnc21.Cn1nc(-c2ccc(O)c(O)c2)c2c(N)ncnc21.Cn1nc(-c2ccc3[nH]ccc3c2)c2c(N)ncnc21.Cn1nc(-c2ccc3c(c2)CCO3)c2c(N)ncnc21. The number of phenolic OH excluding ortho intramolecular Hbond substituents is 2. The molecule has 688 valence electrons. The molecule has 43 nitrogen and oxygen atoms in total. The highest BCUT2D eigenvalue weighted by Gasteiger charge is 2.25. The molecule has 43 heteroatoms. The third-order valence-electron chi connectivity index (χ3n) is 23.7. The number of aromatic amines is 3. The zero-order valence-corrected chi connectivity index (χ0v) is 76.3. The number of phenols is 2. The van der Waals surface area contributed by atoms with Crippen molar-refractivity contribution in [3.8, 4) is 96.1 Å². The maximum atomic E-state index is 9.56. The zero-order chi connectivity index (χ0) is 96.3. The van der Waals surface area contributed by atoms with Gasteiger partial charge in [-0.3, -0.25) is 5.10 Å². The topological polar surface area (TPSA) is 623 Å². The highest BCUT2D eigenvalue weighted by molar-refractivity contribution is 6.06. The molecule has 0 saturated carbocycles. The van der Waals surface area contributed by atoms with Crippen molar-refractivity contribution < 1.29 is 14.9 Å². The number of nitrogen functional groups attached to an aromatic ring is 8. The predicted octanol–water partition coefficient (Wildman–Crippen LogP) is 12.3. The van der Waals surface area contributed by atoms with E-state index in [2.05, 4.69) is 201 Å².